The van der Waals surface area contributed by atoms with E-state index in [0.29, 0.717) is 31.5 Å². The molecule has 0 unspecified atom stereocenters. The molecule has 0 spiro atoms. The van der Waals surface area contributed by atoms with Crippen LogP contribution in [-0.4, -0.2) is 18.9 Å². The summed E-state index contributed by atoms with van der Waals surface area (Å²) < 4.78 is 39.6. The number of hydrogen-bond acceptors (Lipinski definition) is 3. The normalized spacial score (nSPS) is 10.6. The van der Waals surface area contributed by atoms with Gasteiger partial charge in [0.25, 0.3) is 0 Å². The van der Waals surface area contributed by atoms with Gasteiger partial charge in [0.15, 0.2) is 0 Å². The summed E-state index contributed by atoms with van der Waals surface area (Å²) in [5, 5.41) is 13.4. The van der Waals surface area contributed by atoms with Crippen molar-refractivity contribution in [3.8, 4) is 11.8 Å². The maximum atomic E-state index is 12.0. The van der Waals surface area contributed by atoms with Crippen LogP contribution in [0.5, 0.6) is 5.75 Å². The molecule has 0 radical (unpaired) electrons. The summed E-state index contributed by atoms with van der Waals surface area (Å²) in [6.07, 6.45) is -2.93. The van der Waals surface area contributed by atoms with Gasteiger partial charge in [0, 0.05) is 18.7 Å². The monoisotopic (exact) mass is 301 g/mol. The maximum Gasteiger partial charge on any atom is 0.573 e. The number of anilines is 1. The molecule has 114 valence electrons. The minimum Gasteiger partial charge on any atom is -0.406 e. The van der Waals surface area contributed by atoms with Crippen molar-refractivity contribution in [1.82, 2.24) is 5.32 Å². The number of unbranched alkanes of at least 4 members (excludes halogenated alkanes) is 2. The van der Waals surface area contributed by atoms with Crippen LogP contribution in [-0.2, 0) is 0 Å². The third-order valence-corrected chi connectivity index (χ3v) is 2.35. The van der Waals surface area contributed by atoms with Gasteiger partial charge in [-0.3, -0.25) is 0 Å². The predicted octanol–water partition coefficient (Wildman–Crippen LogP) is 3.40. The molecule has 0 saturated heterocycles. The van der Waals surface area contributed by atoms with Crippen molar-refractivity contribution in [2.45, 2.75) is 25.6 Å². The number of alkyl halides is 3. The van der Waals surface area contributed by atoms with Crippen LogP contribution in [0.4, 0.5) is 23.7 Å². The minimum atomic E-state index is -4.74. The highest BCUT2D eigenvalue weighted by molar-refractivity contribution is 5.89. The zero-order chi connectivity index (χ0) is 15.7. The molecule has 2 N–H and O–H groups in total. The van der Waals surface area contributed by atoms with E-state index in [0.717, 1.165) is 12.1 Å². The van der Waals surface area contributed by atoms with E-state index < -0.39 is 12.4 Å². The Kier molecular flexibility index (Phi) is 6.33. The van der Waals surface area contributed by atoms with E-state index in [-0.39, 0.29) is 5.75 Å². The van der Waals surface area contributed by atoms with Crippen molar-refractivity contribution in [1.29, 1.82) is 5.26 Å². The van der Waals surface area contributed by atoms with E-state index in [4.69, 9.17) is 5.26 Å². The lowest BCUT2D eigenvalue weighted by molar-refractivity contribution is -0.274. The van der Waals surface area contributed by atoms with Crippen LogP contribution in [0.3, 0.4) is 0 Å². The smallest absolute Gasteiger partial charge is 0.406 e. The third kappa shape index (κ3) is 7.67. The van der Waals surface area contributed by atoms with Crippen molar-refractivity contribution < 1.29 is 22.7 Å². The van der Waals surface area contributed by atoms with E-state index >= 15 is 0 Å². The lowest BCUT2D eigenvalue weighted by Gasteiger charge is -2.10. The number of nitriles is 1. The quantitative estimate of drug-likeness (QED) is 0.791. The Morgan fingerprint density at radius 1 is 1.24 bits per heavy atom. The summed E-state index contributed by atoms with van der Waals surface area (Å²) in [4.78, 5) is 11.5. The van der Waals surface area contributed by atoms with Crippen LogP contribution in [0, 0.1) is 11.3 Å². The van der Waals surface area contributed by atoms with Gasteiger partial charge in [-0.2, -0.15) is 5.26 Å². The van der Waals surface area contributed by atoms with Crippen molar-refractivity contribution in [2.24, 2.45) is 0 Å². The zero-order valence-corrected chi connectivity index (χ0v) is 11.0. The Labute approximate surface area is 119 Å². The fraction of sp³-hybridized carbons (Fsp3) is 0.385. The molecule has 0 fully saturated rings. The van der Waals surface area contributed by atoms with Crippen molar-refractivity contribution in [2.75, 3.05) is 11.9 Å². The van der Waals surface area contributed by atoms with Crippen LogP contribution in [0.25, 0.3) is 0 Å². The minimum absolute atomic E-state index is 0.346. The molecule has 8 heteroatoms. The molecule has 0 bridgehead atoms. The Balaban J connectivity index is 2.35. The number of amides is 2. The van der Waals surface area contributed by atoms with Crippen LogP contribution in [0.2, 0.25) is 0 Å². The summed E-state index contributed by atoms with van der Waals surface area (Å²) in [6.45, 7) is 0.419. The van der Waals surface area contributed by atoms with Crippen LogP contribution < -0.4 is 15.4 Å². The molecule has 0 saturated carbocycles. The van der Waals surface area contributed by atoms with Crippen LogP contribution in [0.15, 0.2) is 24.3 Å². The van der Waals surface area contributed by atoms with Gasteiger partial charge in [0.1, 0.15) is 5.75 Å². The molecule has 1 rings (SSSR count). The van der Waals surface area contributed by atoms with Crippen LogP contribution in [0.1, 0.15) is 19.3 Å². The number of halogens is 3. The number of benzene rings is 1. The van der Waals surface area contributed by atoms with Crippen molar-refractivity contribution in [3.05, 3.63) is 24.3 Å². The summed E-state index contributed by atoms with van der Waals surface area (Å²) in [7, 11) is 0. The largest absolute Gasteiger partial charge is 0.573 e. The Morgan fingerprint density at radius 3 is 2.48 bits per heavy atom. The topological polar surface area (TPSA) is 74.2 Å². The van der Waals surface area contributed by atoms with Crippen molar-refractivity contribution >= 4 is 11.7 Å². The number of carbonyl (C=O) groups is 1. The first-order valence-electron chi connectivity index (χ1n) is 6.18. The number of nitrogens with one attached hydrogen (secondary N) is 2. The number of ether oxygens (including phenoxy) is 1. The summed E-state index contributed by atoms with van der Waals surface area (Å²) >= 11 is 0. The average molecular weight is 301 g/mol. The summed E-state index contributed by atoms with van der Waals surface area (Å²) in [6, 6.07) is 6.35. The average Bonchev–Trinajstić information content (AvgIpc) is 2.39. The fourth-order valence-electron chi connectivity index (χ4n) is 1.45. The molecular weight excluding hydrogens is 287 g/mol. The van der Waals surface area contributed by atoms with Crippen LogP contribution >= 0.6 is 0 Å². The van der Waals surface area contributed by atoms with E-state index in [2.05, 4.69) is 15.4 Å². The first kappa shape index (κ1) is 16.6. The van der Waals surface area contributed by atoms with Gasteiger partial charge in [0.2, 0.25) is 0 Å². The van der Waals surface area contributed by atoms with Gasteiger partial charge in [0.05, 0.1) is 6.07 Å². The van der Waals surface area contributed by atoms with E-state index in [1.54, 1.807) is 0 Å². The molecule has 0 aliphatic heterocycles. The summed E-state index contributed by atoms with van der Waals surface area (Å²) in [5.41, 5.74) is 0.346. The van der Waals surface area contributed by atoms with Gasteiger partial charge in [-0.25, -0.2) is 4.79 Å². The molecule has 0 aromatic heterocycles. The number of urea groups is 1. The second kappa shape index (κ2) is 7.99. The first-order chi connectivity index (χ1) is 9.90. The van der Waals surface area contributed by atoms with E-state index in [9.17, 15) is 18.0 Å². The molecule has 0 aliphatic carbocycles. The number of hydrogen-bond donors (Lipinski definition) is 2. The highest BCUT2D eigenvalue weighted by atomic mass is 19.4. The van der Waals surface area contributed by atoms with Gasteiger partial charge in [-0.1, -0.05) is 0 Å². The standard InChI is InChI=1S/C13H14F3N3O2/c14-13(15,16)21-11-6-4-10(5-7-11)19-12(20)18-9-3-1-2-8-17/h4-7H,1-3,9H2,(H2,18,19,20). The maximum absolute atomic E-state index is 12.0. The molecule has 5 nitrogen and oxygen atoms in total. The molecule has 21 heavy (non-hydrogen) atoms. The zero-order valence-electron chi connectivity index (χ0n) is 11.0. The molecular formula is C13H14F3N3O2. The van der Waals surface area contributed by atoms with E-state index in [1.807, 2.05) is 6.07 Å². The molecule has 0 aliphatic rings. The molecule has 1 aromatic rings. The molecule has 1 aromatic carbocycles. The second-order valence-corrected chi connectivity index (χ2v) is 4.07. The molecule has 2 amide bonds. The highest BCUT2D eigenvalue weighted by Gasteiger charge is 2.30. The fourth-order valence-corrected chi connectivity index (χ4v) is 1.45. The number of nitrogens with zero attached hydrogens (tertiary/aromatic N) is 1. The SMILES string of the molecule is N#CCCCCNC(=O)Nc1ccc(OC(F)(F)F)cc1. The lowest BCUT2D eigenvalue weighted by Crippen LogP contribution is -2.29. The first-order valence-corrected chi connectivity index (χ1v) is 6.18. The molecule has 0 atom stereocenters. The van der Waals surface area contributed by atoms with Gasteiger partial charge < -0.3 is 15.4 Å². The number of carbonyl (C=O) groups excluding carboxylic acids is 1. The second-order valence-electron chi connectivity index (χ2n) is 4.07. The third-order valence-electron chi connectivity index (χ3n) is 2.35. The highest BCUT2D eigenvalue weighted by Crippen LogP contribution is 2.23. The van der Waals surface area contributed by atoms with Gasteiger partial charge >= 0.3 is 12.4 Å². The Morgan fingerprint density at radius 2 is 1.90 bits per heavy atom. The Bertz CT molecular complexity index is 495. The van der Waals surface area contributed by atoms with E-state index in [1.165, 1.54) is 12.1 Å². The van der Waals surface area contributed by atoms with Crippen molar-refractivity contribution in [3.63, 3.8) is 0 Å². The summed E-state index contributed by atoms with van der Waals surface area (Å²) in [5.74, 6) is -0.357. The van der Waals surface area contributed by atoms with Gasteiger partial charge in [-0.15, -0.1) is 13.2 Å². The lowest BCUT2D eigenvalue weighted by atomic mass is 10.2. The predicted molar refractivity (Wildman–Crippen MR) is 69.6 cm³/mol. The van der Waals surface area contributed by atoms with Gasteiger partial charge in [-0.05, 0) is 37.1 Å². The Hall–Kier alpha value is -2.43. The number of rotatable bonds is 6. The molecule has 0 heterocycles.